The average molecular weight is 342 g/mol. The van der Waals surface area contributed by atoms with Gasteiger partial charge < -0.3 is 10.1 Å². The molecule has 2 aromatic rings. The Hall–Kier alpha value is -1.46. The van der Waals surface area contributed by atoms with E-state index in [-0.39, 0.29) is 5.56 Å². The highest BCUT2D eigenvalue weighted by molar-refractivity contribution is 9.10. The van der Waals surface area contributed by atoms with Gasteiger partial charge in [-0.25, -0.2) is 8.78 Å². The lowest BCUT2D eigenvalue weighted by atomic mass is 9.97. The molecule has 1 N–H and O–H groups in total. The second-order valence-electron chi connectivity index (χ2n) is 4.28. The van der Waals surface area contributed by atoms with E-state index >= 15 is 0 Å². The first kappa shape index (κ1) is 14.9. The molecule has 0 saturated carbocycles. The SMILES string of the molecule is CNC(c1cccc(OC)c1)c1c(F)cc(Br)cc1F. The maximum Gasteiger partial charge on any atom is 0.132 e. The molecule has 0 radical (unpaired) electrons. The third kappa shape index (κ3) is 2.99. The molecule has 20 heavy (non-hydrogen) atoms. The van der Waals surface area contributed by atoms with Crippen molar-refractivity contribution in [2.45, 2.75) is 6.04 Å². The van der Waals surface area contributed by atoms with Gasteiger partial charge in [-0.15, -0.1) is 0 Å². The van der Waals surface area contributed by atoms with Gasteiger partial charge >= 0.3 is 0 Å². The molecule has 0 aliphatic heterocycles. The van der Waals surface area contributed by atoms with Crippen LogP contribution in [0.5, 0.6) is 5.75 Å². The summed E-state index contributed by atoms with van der Waals surface area (Å²) >= 11 is 3.08. The Morgan fingerprint density at radius 1 is 1.15 bits per heavy atom. The van der Waals surface area contributed by atoms with Gasteiger partial charge in [0, 0.05) is 10.0 Å². The lowest BCUT2D eigenvalue weighted by Crippen LogP contribution is -2.20. The van der Waals surface area contributed by atoms with Crippen molar-refractivity contribution >= 4 is 15.9 Å². The maximum atomic E-state index is 14.1. The van der Waals surface area contributed by atoms with E-state index in [0.29, 0.717) is 10.2 Å². The van der Waals surface area contributed by atoms with E-state index in [9.17, 15) is 8.78 Å². The van der Waals surface area contributed by atoms with Crippen molar-refractivity contribution in [1.29, 1.82) is 0 Å². The van der Waals surface area contributed by atoms with Crippen LogP contribution in [0.25, 0.3) is 0 Å². The number of halogens is 3. The zero-order valence-corrected chi connectivity index (χ0v) is 12.7. The fraction of sp³-hybridized carbons (Fsp3) is 0.200. The third-order valence-electron chi connectivity index (χ3n) is 3.05. The summed E-state index contributed by atoms with van der Waals surface area (Å²) in [5.41, 5.74) is 0.718. The summed E-state index contributed by atoms with van der Waals surface area (Å²) in [5.74, 6) is -0.557. The molecule has 0 spiro atoms. The minimum absolute atomic E-state index is 0.0102. The van der Waals surface area contributed by atoms with Gasteiger partial charge in [-0.1, -0.05) is 28.1 Å². The van der Waals surface area contributed by atoms with E-state index in [4.69, 9.17) is 4.74 Å². The number of nitrogens with one attached hydrogen (secondary N) is 1. The lowest BCUT2D eigenvalue weighted by molar-refractivity contribution is 0.413. The second kappa shape index (κ2) is 6.33. The molecular formula is C15H14BrF2NO. The highest BCUT2D eigenvalue weighted by Gasteiger charge is 2.21. The molecule has 0 fully saturated rings. The van der Waals surface area contributed by atoms with Crippen LogP contribution < -0.4 is 10.1 Å². The minimum atomic E-state index is -0.598. The van der Waals surface area contributed by atoms with Gasteiger partial charge in [0.15, 0.2) is 0 Å². The first-order valence-corrected chi connectivity index (χ1v) is 6.81. The van der Waals surface area contributed by atoms with Gasteiger partial charge in [0.25, 0.3) is 0 Å². The summed E-state index contributed by atoms with van der Waals surface area (Å²) in [5, 5.41) is 2.94. The largest absolute Gasteiger partial charge is 0.497 e. The highest BCUT2D eigenvalue weighted by atomic mass is 79.9. The number of rotatable bonds is 4. The number of hydrogen-bond donors (Lipinski definition) is 1. The zero-order chi connectivity index (χ0) is 14.7. The van der Waals surface area contributed by atoms with Gasteiger partial charge in [0.1, 0.15) is 17.4 Å². The summed E-state index contributed by atoms with van der Waals surface area (Å²) in [4.78, 5) is 0. The summed E-state index contributed by atoms with van der Waals surface area (Å²) in [6.07, 6.45) is 0. The highest BCUT2D eigenvalue weighted by Crippen LogP contribution is 2.30. The van der Waals surface area contributed by atoms with Gasteiger partial charge in [-0.3, -0.25) is 0 Å². The smallest absolute Gasteiger partial charge is 0.132 e. The number of benzene rings is 2. The van der Waals surface area contributed by atoms with E-state index in [1.807, 2.05) is 0 Å². The number of ether oxygens (including phenoxy) is 1. The van der Waals surface area contributed by atoms with Crippen LogP contribution in [0.15, 0.2) is 40.9 Å². The number of hydrogen-bond acceptors (Lipinski definition) is 2. The molecule has 1 atom stereocenters. The van der Waals surface area contributed by atoms with E-state index in [1.165, 1.54) is 12.1 Å². The van der Waals surface area contributed by atoms with Crippen molar-refractivity contribution in [3.8, 4) is 5.75 Å². The molecule has 0 saturated heterocycles. The van der Waals surface area contributed by atoms with Crippen LogP contribution in [0.3, 0.4) is 0 Å². The van der Waals surface area contributed by atoms with Gasteiger partial charge in [-0.2, -0.15) is 0 Å². The molecule has 0 aliphatic carbocycles. The summed E-state index contributed by atoms with van der Waals surface area (Å²) in [6.45, 7) is 0. The monoisotopic (exact) mass is 341 g/mol. The van der Waals surface area contributed by atoms with Crippen molar-refractivity contribution in [2.24, 2.45) is 0 Å². The Labute approximate surface area is 124 Å². The molecule has 0 amide bonds. The minimum Gasteiger partial charge on any atom is -0.497 e. The Balaban J connectivity index is 2.52. The summed E-state index contributed by atoms with van der Waals surface area (Å²) in [7, 11) is 3.21. The van der Waals surface area contributed by atoms with E-state index < -0.39 is 17.7 Å². The van der Waals surface area contributed by atoms with Crippen molar-refractivity contribution < 1.29 is 13.5 Å². The average Bonchev–Trinajstić information content (AvgIpc) is 2.42. The molecule has 0 aliphatic rings. The summed E-state index contributed by atoms with van der Waals surface area (Å²) < 4.78 is 33.7. The third-order valence-corrected chi connectivity index (χ3v) is 3.51. The van der Waals surface area contributed by atoms with E-state index in [2.05, 4.69) is 21.2 Å². The van der Waals surface area contributed by atoms with Crippen molar-refractivity contribution in [1.82, 2.24) is 5.32 Å². The van der Waals surface area contributed by atoms with Gasteiger partial charge in [0.05, 0.1) is 13.2 Å². The Morgan fingerprint density at radius 3 is 2.35 bits per heavy atom. The molecule has 106 valence electrons. The summed E-state index contributed by atoms with van der Waals surface area (Å²) in [6, 6.07) is 9.04. The Morgan fingerprint density at radius 2 is 1.80 bits per heavy atom. The van der Waals surface area contributed by atoms with E-state index in [1.54, 1.807) is 38.4 Å². The standard InChI is InChI=1S/C15H14BrF2NO/c1-19-15(9-4-3-5-11(6-9)20-2)14-12(17)7-10(16)8-13(14)18/h3-8,15,19H,1-2H3. The predicted octanol–water partition coefficient (Wildman–Crippen LogP) is 4.04. The van der Waals surface area contributed by atoms with Gasteiger partial charge in [0.2, 0.25) is 0 Å². The second-order valence-corrected chi connectivity index (χ2v) is 5.20. The topological polar surface area (TPSA) is 21.3 Å². The van der Waals surface area contributed by atoms with Crippen LogP contribution >= 0.6 is 15.9 Å². The van der Waals surface area contributed by atoms with Crippen LogP contribution in [0, 0.1) is 11.6 Å². The first-order valence-electron chi connectivity index (χ1n) is 6.02. The quantitative estimate of drug-likeness (QED) is 0.905. The molecule has 2 aromatic carbocycles. The van der Waals surface area contributed by atoms with Gasteiger partial charge in [-0.05, 0) is 36.9 Å². The van der Waals surface area contributed by atoms with Crippen molar-refractivity contribution in [2.75, 3.05) is 14.2 Å². The molecule has 2 nitrogen and oxygen atoms in total. The van der Waals surface area contributed by atoms with Crippen LogP contribution in [-0.4, -0.2) is 14.2 Å². The zero-order valence-electron chi connectivity index (χ0n) is 11.1. The number of methoxy groups -OCH3 is 1. The maximum absolute atomic E-state index is 14.1. The van der Waals surface area contributed by atoms with E-state index in [0.717, 1.165) is 5.56 Å². The predicted molar refractivity (Wildman–Crippen MR) is 78.0 cm³/mol. The van der Waals surface area contributed by atoms with Crippen LogP contribution in [0.1, 0.15) is 17.2 Å². The molecular weight excluding hydrogens is 328 g/mol. The first-order chi connectivity index (χ1) is 9.56. The Kier molecular flexibility index (Phi) is 4.73. The fourth-order valence-electron chi connectivity index (χ4n) is 2.13. The molecule has 2 rings (SSSR count). The molecule has 0 aromatic heterocycles. The van der Waals surface area contributed by atoms with Crippen LogP contribution in [0.4, 0.5) is 8.78 Å². The van der Waals surface area contributed by atoms with Crippen LogP contribution in [0.2, 0.25) is 0 Å². The normalized spacial score (nSPS) is 12.2. The molecule has 0 bridgehead atoms. The van der Waals surface area contributed by atoms with Crippen molar-refractivity contribution in [3.05, 3.63) is 63.6 Å². The molecule has 0 heterocycles. The van der Waals surface area contributed by atoms with Crippen LogP contribution in [-0.2, 0) is 0 Å². The van der Waals surface area contributed by atoms with Crippen molar-refractivity contribution in [3.63, 3.8) is 0 Å². The lowest BCUT2D eigenvalue weighted by Gasteiger charge is -2.19. The molecule has 1 unspecified atom stereocenters. The Bertz CT molecular complexity index is 596. The fourth-order valence-corrected chi connectivity index (χ4v) is 2.53. The molecule has 5 heteroatoms.